The summed E-state index contributed by atoms with van der Waals surface area (Å²) in [7, 11) is 0. The van der Waals surface area contributed by atoms with Crippen LogP contribution in [0.5, 0.6) is 0 Å². The molecular formula is C11H10F2O. The van der Waals surface area contributed by atoms with Crippen molar-refractivity contribution in [2.75, 3.05) is 0 Å². The lowest BCUT2D eigenvalue weighted by Crippen LogP contribution is -2.00. The molecule has 0 fully saturated rings. The molecule has 1 aromatic carbocycles. The molecule has 1 atom stereocenters. The third-order valence-corrected chi connectivity index (χ3v) is 1.79. The first-order valence-corrected chi connectivity index (χ1v) is 4.17. The van der Waals surface area contributed by atoms with Crippen molar-refractivity contribution in [1.82, 2.24) is 0 Å². The maximum atomic E-state index is 13.1. The van der Waals surface area contributed by atoms with Gasteiger partial charge in [0.2, 0.25) is 0 Å². The van der Waals surface area contributed by atoms with E-state index in [1.165, 1.54) is 0 Å². The van der Waals surface area contributed by atoms with Crippen molar-refractivity contribution >= 4 is 0 Å². The van der Waals surface area contributed by atoms with E-state index in [2.05, 4.69) is 11.8 Å². The second-order valence-electron chi connectivity index (χ2n) is 2.81. The van der Waals surface area contributed by atoms with Crippen molar-refractivity contribution in [2.24, 2.45) is 0 Å². The van der Waals surface area contributed by atoms with Crippen molar-refractivity contribution < 1.29 is 13.9 Å². The molecule has 1 aromatic rings. The molecule has 0 heterocycles. The molecular weight excluding hydrogens is 186 g/mol. The van der Waals surface area contributed by atoms with Crippen LogP contribution >= 0.6 is 0 Å². The summed E-state index contributed by atoms with van der Waals surface area (Å²) < 4.78 is 25.8. The second-order valence-corrected chi connectivity index (χ2v) is 2.81. The van der Waals surface area contributed by atoms with Crippen molar-refractivity contribution in [3.05, 3.63) is 35.4 Å². The molecule has 0 aliphatic rings. The SMILES string of the molecule is CC#CCC(O)c1cc(F)ccc1F. The summed E-state index contributed by atoms with van der Waals surface area (Å²) in [5, 5.41) is 9.45. The van der Waals surface area contributed by atoms with Gasteiger partial charge >= 0.3 is 0 Å². The van der Waals surface area contributed by atoms with Gasteiger partial charge < -0.3 is 5.11 Å². The standard InChI is InChI=1S/C11H10F2O/c1-2-3-4-11(14)9-7-8(12)5-6-10(9)13/h5-7,11,14H,4H2,1H3. The molecule has 14 heavy (non-hydrogen) atoms. The molecule has 0 aliphatic heterocycles. The monoisotopic (exact) mass is 196 g/mol. The summed E-state index contributed by atoms with van der Waals surface area (Å²) in [6.45, 7) is 1.62. The molecule has 1 rings (SSSR count). The second kappa shape index (κ2) is 4.73. The lowest BCUT2D eigenvalue weighted by Gasteiger charge is -2.08. The molecule has 0 spiro atoms. The minimum absolute atomic E-state index is 0.0484. The lowest BCUT2D eigenvalue weighted by molar-refractivity contribution is 0.178. The highest BCUT2D eigenvalue weighted by Gasteiger charge is 2.12. The van der Waals surface area contributed by atoms with Crippen LogP contribution in [0.2, 0.25) is 0 Å². The summed E-state index contributed by atoms with van der Waals surface area (Å²) >= 11 is 0. The minimum atomic E-state index is -1.07. The third-order valence-electron chi connectivity index (χ3n) is 1.79. The summed E-state index contributed by atoms with van der Waals surface area (Å²) in [4.78, 5) is 0. The number of aliphatic hydroxyl groups excluding tert-OH is 1. The Kier molecular flexibility index (Phi) is 3.61. The van der Waals surface area contributed by atoms with Crippen molar-refractivity contribution in [1.29, 1.82) is 0 Å². The lowest BCUT2D eigenvalue weighted by atomic mass is 10.1. The summed E-state index contributed by atoms with van der Waals surface area (Å²) in [5.41, 5.74) is -0.0484. The summed E-state index contributed by atoms with van der Waals surface area (Å²) in [6, 6.07) is 2.99. The Labute approximate surface area is 81.4 Å². The zero-order chi connectivity index (χ0) is 10.6. The zero-order valence-electron chi connectivity index (χ0n) is 7.72. The predicted molar refractivity (Wildman–Crippen MR) is 49.4 cm³/mol. The highest BCUT2D eigenvalue weighted by atomic mass is 19.1. The van der Waals surface area contributed by atoms with Crippen LogP contribution in [-0.4, -0.2) is 5.11 Å². The Morgan fingerprint density at radius 3 is 2.79 bits per heavy atom. The van der Waals surface area contributed by atoms with Crippen molar-refractivity contribution in [2.45, 2.75) is 19.4 Å². The zero-order valence-corrected chi connectivity index (χ0v) is 7.72. The van der Waals surface area contributed by atoms with Gasteiger partial charge in [0.1, 0.15) is 11.6 Å². The van der Waals surface area contributed by atoms with E-state index >= 15 is 0 Å². The van der Waals surface area contributed by atoms with Crippen LogP contribution in [0, 0.1) is 23.5 Å². The van der Waals surface area contributed by atoms with Crippen LogP contribution < -0.4 is 0 Å². The number of benzene rings is 1. The van der Waals surface area contributed by atoms with E-state index in [1.807, 2.05) is 0 Å². The van der Waals surface area contributed by atoms with E-state index in [-0.39, 0.29) is 12.0 Å². The van der Waals surface area contributed by atoms with Crippen molar-refractivity contribution in [3.63, 3.8) is 0 Å². The van der Waals surface area contributed by atoms with Crippen LogP contribution in [0.25, 0.3) is 0 Å². The normalized spacial score (nSPS) is 11.7. The average Bonchev–Trinajstić information content (AvgIpc) is 2.18. The fourth-order valence-electron chi connectivity index (χ4n) is 1.08. The first-order valence-electron chi connectivity index (χ1n) is 4.17. The van der Waals surface area contributed by atoms with Gasteiger partial charge in [-0.3, -0.25) is 0 Å². The summed E-state index contributed by atoms with van der Waals surface area (Å²) in [5.74, 6) is 4.00. The van der Waals surface area contributed by atoms with Gasteiger partial charge in [-0.25, -0.2) is 8.78 Å². The largest absolute Gasteiger partial charge is 0.387 e. The number of hydrogen-bond acceptors (Lipinski definition) is 1. The molecule has 1 N–H and O–H groups in total. The highest BCUT2D eigenvalue weighted by molar-refractivity contribution is 5.22. The first-order chi connectivity index (χ1) is 6.65. The molecule has 0 radical (unpaired) electrons. The number of hydrogen-bond donors (Lipinski definition) is 1. The molecule has 0 amide bonds. The van der Waals surface area contributed by atoms with E-state index in [0.29, 0.717) is 0 Å². The molecule has 0 aliphatic carbocycles. The van der Waals surface area contributed by atoms with E-state index < -0.39 is 17.7 Å². The van der Waals surface area contributed by atoms with Gasteiger partial charge in [-0.1, -0.05) is 0 Å². The van der Waals surface area contributed by atoms with Gasteiger partial charge in [0, 0.05) is 12.0 Å². The topological polar surface area (TPSA) is 20.2 Å². The summed E-state index contributed by atoms with van der Waals surface area (Å²) in [6.07, 6.45) is -0.963. The Hall–Kier alpha value is -1.40. The Morgan fingerprint density at radius 2 is 2.14 bits per heavy atom. The van der Waals surface area contributed by atoms with E-state index in [4.69, 9.17) is 0 Å². The highest BCUT2D eigenvalue weighted by Crippen LogP contribution is 2.20. The third kappa shape index (κ3) is 2.54. The minimum Gasteiger partial charge on any atom is -0.387 e. The maximum absolute atomic E-state index is 13.1. The van der Waals surface area contributed by atoms with Gasteiger partial charge in [-0.05, 0) is 25.1 Å². The quantitative estimate of drug-likeness (QED) is 0.720. The molecule has 0 saturated heterocycles. The molecule has 1 unspecified atom stereocenters. The number of aliphatic hydroxyl groups is 1. The number of rotatable bonds is 2. The molecule has 0 aromatic heterocycles. The predicted octanol–water partition coefficient (Wildman–Crippen LogP) is 2.41. The van der Waals surface area contributed by atoms with Crippen LogP contribution in [0.3, 0.4) is 0 Å². The van der Waals surface area contributed by atoms with E-state index in [9.17, 15) is 13.9 Å². The van der Waals surface area contributed by atoms with Crippen LogP contribution in [0.15, 0.2) is 18.2 Å². The fourth-order valence-corrected chi connectivity index (χ4v) is 1.08. The molecule has 3 heteroatoms. The molecule has 74 valence electrons. The smallest absolute Gasteiger partial charge is 0.129 e. The van der Waals surface area contributed by atoms with Crippen molar-refractivity contribution in [3.8, 4) is 11.8 Å². The Morgan fingerprint density at radius 1 is 1.43 bits per heavy atom. The van der Waals surface area contributed by atoms with Gasteiger partial charge in [0.25, 0.3) is 0 Å². The molecule has 0 bridgehead atoms. The van der Waals surface area contributed by atoms with E-state index in [0.717, 1.165) is 18.2 Å². The number of halogens is 2. The Bertz CT molecular complexity index is 377. The fraction of sp³-hybridized carbons (Fsp3) is 0.273. The average molecular weight is 196 g/mol. The molecule has 1 nitrogen and oxygen atoms in total. The van der Waals surface area contributed by atoms with Crippen LogP contribution in [0.1, 0.15) is 25.0 Å². The van der Waals surface area contributed by atoms with Gasteiger partial charge in [0.05, 0.1) is 6.10 Å². The van der Waals surface area contributed by atoms with Crippen LogP contribution in [0.4, 0.5) is 8.78 Å². The molecule has 0 saturated carbocycles. The maximum Gasteiger partial charge on any atom is 0.129 e. The Balaban J connectivity index is 2.91. The van der Waals surface area contributed by atoms with Gasteiger partial charge in [-0.2, -0.15) is 0 Å². The van der Waals surface area contributed by atoms with E-state index in [1.54, 1.807) is 6.92 Å². The van der Waals surface area contributed by atoms with Gasteiger partial charge in [-0.15, -0.1) is 11.8 Å². The first kappa shape index (κ1) is 10.7. The van der Waals surface area contributed by atoms with Crippen LogP contribution in [-0.2, 0) is 0 Å². The van der Waals surface area contributed by atoms with Gasteiger partial charge in [0.15, 0.2) is 0 Å².